The molecule has 10 heteroatoms. The minimum atomic E-state index is -1.10. The van der Waals surface area contributed by atoms with Crippen LogP contribution < -0.4 is 4.74 Å². The van der Waals surface area contributed by atoms with E-state index in [0.717, 1.165) is 54.7 Å². The number of carbonyl (C=O) groups excluding carboxylic acids is 1. The number of aliphatic carboxylic acids is 1. The van der Waals surface area contributed by atoms with Gasteiger partial charge in [0.25, 0.3) is 0 Å². The highest BCUT2D eigenvalue weighted by Crippen LogP contribution is 2.43. The highest BCUT2D eigenvalue weighted by atomic mass is 32.2. The van der Waals surface area contributed by atoms with Gasteiger partial charge in [-0.1, -0.05) is 113 Å². The first-order valence-corrected chi connectivity index (χ1v) is 21.1. The lowest BCUT2D eigenvalue weighted by Gasteiger charge is -2.33. The molecule has 0 aliphatic rings. The number of esters is 1. The molecule has 2 aromatic carbocycles. The van der Waals surface area contributed by atoms with Crippen molar-refractivity contribution in [3.05, 3.63) is 54.1 Å². The van der Waals surface area contributed by atoms with E-state index in [4.69, 9.17) is 27.0 Å². The first kappa shape index (κ1) is 45.1. The summed E-state index contributed by atoms with van der Waals surface area (Å²) >= 11 is 8.57. The highest BCUT2D eigenvalue weighted by molar-refractivity contribution is 8.47. The maximum absolute atomic E-state index is 13.6. The molecule has 0 amide bonds. The lowest BCUT2D eigenvalue weighted by atomic mass is 9.78. The average Bonchev–Trinajstić information content (AvgIpc) is 3.14. The largest absolute Gasteiger partial charge is 0.494 e. The van der Waals surface area contributed by atoms with Gasteiger partial charge < -0.3 is 14.6 Å². The van der Waals surface area contributed by atoms with Gasteiger partial charge in [0.2, 0.25) is 0 Å². The van der Waals surface area contributed by atoms with E-state index in [0.29, 0.717) is 22.1 Å². The van der Waals surface area contributed by atoms with E-state index in [9.17, 15) is 20.0 Å². The Balaban J connectivity index is 1.76. The topological polar surface area (TPSA) is 120 Å². The van der Waals surface area contributed by atoms with Crippen LogP contribution in [0.3, 0.4) is 0 Å². The van der Waals surface area contributed by atoms with Crippen LogP contribution >= 0.6 is 35.7 Å². The number of benzene rings is 2. The Morgan fingerprint density at radius 2 is 1.33 bits per heavy atom. The molecule has 0 aliphatic carbocycles. The average molecular weight is 767 g/mol. The zero-order chi connectivity index (χ0) is 38.1. The molecule has 1 N–H and O–H groups in total. The lowest BCUT2D eigenvalue weighted by molar-refractivity contribution is -0.147. The van der Waals surface area contributed by atoms with Crippen LogP contribution in [0, 0.1) is 28.1 Å². The molecule has 0 aromatic heterocycles. The van der Waals surface area contributed by atoms with Crippen LogP contribution in [0.4, 0.5) is 0 Å². The number of thioether (sulfide) groups is 2. The summed E-state index contributed by atoms with van der Waals surface area (Å²) in [5, 5.41) is 28.2. The number of hydrogen-bond acceptors (Lipinski definition) is 9. The van der Waals surface area contributed by atoms with Crippen LogP contribution in [-0.2, 0) is 14.3 Å². The van der Waals surface area contributed by atoms with Crippen molar-refractivity contribution in [2.75, 3.05) is 19.0 Å². The predicted octanol–water partition coefficient (Wildman–Crippen LogP) is 11.9. The van der Waals surface area contributed by atoms with Crippen LogP contribution in [0.15, 0.2) is 48.5 Å². The fraction of sp³-hybridized carbons (Fsp3) is 0.595. The van der Waals surface area contributed by atoms with E-state index >= 15 is 0 Å². The number of ether oxygens (including phenoxy) is 2. The number of carboxylic acids is 1. The standard InChI is InChI=1S/C42H58N2O5S3/c1-4-5-6-7-8-9-10-11-14-17-30-51-40(50)52-42(3,32-41(2,33-44)27-26-38(45)46)39(47)49-29-16-13-12-15-28-48-37-24-22-36(23-25-37)35-20-18-34(31-43)19-21-35/h18-25H,4-17,26-30,32H2,1-3H3,(H,45,46). The number of unbranched alkanes of at least 4 members (excludes halogenated alkanes) is 12. The van der Waals surface area contributed by atoms with Crippen molar-refractivity contribution in [3.8, 4) is 29.0 Å². The summed E-state index contributed by atoms with van der Waals surface area (Å²) in [6, 6.07) is 19.8. The Labute approximate surface area is 326 Å². The summed E-state index contributed by atoms with van der Waals surface area (Å²) in [6.07, 6.45) is 16.2. The third kappa shape index (κ3) is 18.6. The quantitative estimate of drug-likeness (QED) is 0.0534. The minimum Gasteiger partial charge on any atom is -0.494 e. The summed E-state index contributed by atoms with van der Waals surface area (Å²) in [7, 11) is 0. The molecule has 284 valence electrons. The van der Waals surface area contributed by atoms with Crippen molar-refractivity contribution in [1.82, 2.24) is 0 Å². The lowest BCUT2D eigenvalue weighted by Crippen LogP contribution is -2.40. The minimum absolute atomic E-state index is 0.143. The monoisotopic (exact) mass is 766 g/mol. The van der Waals surface area contributed by atoms with E-state index in [1.807, 2.05) is 48.5 Å². The Morgan fingerprint density at radius 1 is 0.788 bits per heavy atom. The summed E-state index contributed by atoms with van der Waals surface area (Å²) in [5.74, 6) is 0.304. The maximum Gasteiger partial charge on any atom is 0.322 e. The maximum atomic E-state index is 13.6. The van der Waals surface area contributed by atoms with Gasteiger partial charge in [0.1, 0.15) is 14.0 Å². The van der Waals surface area contributed by atoms with Crippen molar-refractivity contribution >= 4 is 51.2 Å². The molecule has 0 saturated carbocycles. The molecular weight excluding hydrogens is 709 g/mol. The van der Waals surface area contributed by atoms with Crippen molar-refractivity contribution in [2.24, 2.45) is 5.41 Å². The normalized spacial score (nSPS) is 13.2. The second-order valence-electron chi connectivity index (χ2n) is 14.0. The van der Waals surface area contributed by atoms with Crippen LogP contribution in [0.2, 0.25) is 0 Å². The first-order valence-electron chi connectivity index (χ1n) is 18.9. The second kappa shape index (κ2) is 25.8. The number of carbonyl (C=O) groups is 2. The molecule has 0 radical (unpaired) electrons. The molecule has 0 spiro atoms. The molecule has 2 atom stereocenters. The Bertz CT molecular complexity index is 1440. The molecule has 2 unspecified atom stereocenters. The van der Waals surface area contributed by atoms with Crippen molar-refractivity contribution in [3.63, 3.8) is 0 Å². The zero-order valence-corrected chi connectivity index (χ0v) is 33.9. The molecule has 0 bridgehead atoms. The van der Waals surface area contributed by atoms with Crippen LogP contribution in [0.25, 0.3) is 11.1 Å². The molecule has 52 heavy (non-hydrogen) atoms. The third-order valence-electron chi connectivity index (χ3n) is 9.09. The molecule has 0 fully saturated rings. The van der Waals surface area contributed by atoms with Gasteiger partial charge in [0.15, 0.2) is 0 Å². The van der Waals surface area contributed by atoms with E-state index < -0.39 is 22.1 Å². The number of thiocarbonyl (C=S) groups is 1. The molecule has 0 aliphatic heterocycles. The summed E-state index contributed by atoms with van der Waals surface area (Å²) in [4.78, 5) is 24.9. The summed E-state index contributed by atoms with van der Waals surface area (Å²) in [5.41, 5.74) is 1.73. The van der Waals surface area contributed by atoms with E-state index in [2.05, 4.69) is 19.1 Å². The van der Waals surface area contributed by atoms with Gasteiger partial charge in [-0.05, 0) is 99.9 Å². The second-order valence-corrected chi connectivity index (χ2v) is 17.8. The van der Waals surface area contributed by atoms with Gasteiger partial charge in [-0.2, -0.15) is 10.5 Å². The molecule has 0 heterocycles. The number of nitriles is 2. The van der Waals surface area contributed by atoms with E-state index in [-0.39, 0.29) is 25.9 Å². The van der Waals surface area contributed by atoms with Crippen molar-refractivity contribution in [2.45, 2.75) is 135 Å². The van der Waals surface area contributed by atoms with Crippen LogP contribution in [-0.4, -0.2) is 44.3 Å². The zero-order valence-electron chi connectivity index (χ0n) is 31.5. The number of nitrogens with zero attached hydrogens (tertiary/aromatic N) is 2. The smallest absolute Gasteiger partial charge is 0.322 e. The van der Waals surface area contributed by atoms with Gasteiger partial charge in [0.05, 0.1) is 36.3 Å². The number of carboxylic acid groups (broad SMARTS) is 1. The summed E-state index contributed by atoms with van der Waals surface area (Å²) < 4.78 is 11.2. The Hall–Kier alpha value is -3.05. The molecule has 2 aromatic rings. The fourth-order valence-corrected chi connectivity index (χ4v) is 9.22. The third-order valence-corrected chi connectivity index (χ3v) is 12.0. The van der Waals surface area contributed by atoms with E-state index in [1.165, 1.54) is 63.1 Å². The van der Waals surface area contributed by atoms with Gasteiger partial charge in [-0.3, -0.25) is 9.59 Å². The van der Waals surface area contributed by atoms with Crippen LogP contribution in [0.5, 0.6) is 5.75 Å². The molecule has 7 nitrogen and oxygen atoms in total. The Morgan fingerprint density at radius 3 is 1.88 bits per heavy atom. The molecule has 0 saturated heterocycles. The predicted molar refractivity (Wildman–Crippen MR) is 220 cm³/mol. The number of rotatable bonds is 27. The van der Waals surface area contributed by atoms with E-state index in [1.54, 1.807) is 25.6 Å². The first-order chi connectivity index (χ1) is 25.0. The molecular formula is C42H58N2O5S3. The highest BCUT2D eigenvalue weighted by Gasteiger charge is 2.44. The van der Waals surface area contributed by atoms with Crippen molar-refractivity contribution in [1.29, 1.82) is 10.5 Å². The summed E-state index contributed by atoms with van der Waals surface area (Å²) in [6.45, 7) is 6.59. The number of hydrogen-bond donors (Lipinski definition) is 1. The van der Waals surface area contributed by atoms with Gasteiger partial charge in [0, 0.05) is 6.42 Å². The SMILES string of the molecule is CCCCCCCCCCCCSC(=S)SC(C)(CC(C)(C#N)CCC(=O)O)C(=O)OCCCCCCOc1ccc(-c2ccc(C#N)cc2)cc1. The van der Waals surface area contributed by atoms with Crippen LogP contribution in [0.1, 0.15) is 135 Å². The fourth-order valence-electron chi connectivity index (χ4n) is 5.97. The van der Waals surface area contributed by atoms with Gasteiger partial charge in [-0.25, -0.2) is 0 Å². The van der Waals surface area contributed by atoms with Crippen molar-refractivity contribution < 1.29 is 24.2 Å². The Kier molecular flexibility index (Phi) is 22.4. The van der Waals surface area contributed by atoms with Gasteiger partial charge in [-0.15, -0.1) is 11.8 Å². The molecule has 2 rings (SSSR count). The van der Waals surface area contributed by atoms with Gasteiger partial charge >= 0.3 is 11.9 Å².